The van der Waals surface area contributed by atoms with Crippen LogP contribution in [0, 0.1) is 5.82 Å². The van der Waals surface area contributed by atoms with Gasteiger partial charge in [0.2, 0.25) is 0 Å². The summed E-state index contributed by atoms with van der Waals surface area (Å²) in [6.07, 6.45) is -0.711. The number of hydrogen-bond acceptors (Lipinski definition) is 3. The number of hydrogen-bond donors (Lipinski definition) is 2. The van der Waals surface area contributed by atoms with Gasteiger partial charge in [-0.25, -0.2) is 4.39 Å². The molecule has 2 aromatic rings. The van der Waals surface area contributed by atoms with Gasteiger partial charge < -0.3 is 15.1 Å². The number of aromatic hydroxyl groups is 1. The Kier molecular flexibility index (Phi) is 4.25. The third kappa shape index (κ3) is 3.27. The summed E-state index contributed by atoms with van der Waals surface area (Å²) in [4.78, 5) is 1.90. The molecule has 2 rings (SSSR count). The normalized spacial score (nSPS) is 12.2. The Labute approximate surface area is 117 Å². The Hall–Kier alpha value is -2.07. The van der Waals surface area contributed by atoms with Gasteiger partial charge in [-0.1, -0.05) is 18.2 Å². The maximum Gasteiger partial charge on any atom is 0.123 e. The Morgan fingerprint density at radius 3 is 2.55 bits per heavy atom. The summed E-state index contributed by atoms with van der Waals surface area (Å²) in [5, 5.41) is 19.4. The smallest absolute Gasteiger partial charge is 0.123 e. The number of aliphatic hydroxyl groups is 1. The van der Waals surface area contributed by atoms with E-state index in [9.17, 15) is 14.6 Å². The highest BCUT2D eigenvalue weighted by molar-refractivity contribution is 5.53. The minimum Gasteiger partial charge on any atom is -0.507 e. The zero-order valence-corrected chi connectivity index (χ0v) is 11.5. The molecule has 0 aromatic heterocycles. The van der Waals surface area contributed by atoms with Gasteiger partial charge in [-0.3, -0.25) is 0 Å². The van der Waals surface area contributed by atoms with Gasteiger partial charge >= 0.3 is 0 Å². The lowest BCUT2D eigenvalue weighted by Crippen LogP contribution is -2.16. The first-order valence-electron chi connectivity index (χ1n) is 6.44. The Morgan fingerprint density at radius 2 is 1.95 bits per heavy atom. The van der Waals surface area contributed by atoms with Crippen molar-refractivity contribution in [3.8, 4) is 5.75 Å². The number of aliphatic hydroxyl groups excluding tert-OH is 1. The molecule has 4 heteroatoms. The van der Waals surface area contributed by atoms with Gasteiger partial charge in [0.05, 0.1) is 6.10 Å². The molecule has 2 aromatic carbocycles. The van der Waals surface area contributed by atoms with Crippen LogP contribution in [0.5, 0.6) is 5.75 Å². The Bertz CT molecular complexity index is 599. The number of phenols is 1. The van der Waals surface area contributed by atoms with E-state index in [1.165, 1.54) is 12.1 Å². The fourth-order valence-corrected chi connectivity index (χ4v) is 2.12. The molecule has 0 aliphatic rings. The molecule has 0 radical (unpaired) electrons. The SMILES string of the molecule is CC(O)c1ccc(N(C)Cc2cccc(F)c2)cc1O. The van der Waals surface area contributed by atoms with Crippen LogP contribution in [0.15, 0.2) is 42.5 Å². The molecule has 3 nitrogen and oxygen atoms in total. The molecule has 0 aliphatic carbocycles. The summed E-state index contributed by atoms with van der Waals surface area (Å²) in [6.45, 7) is 2.14. The van der Waals surface area contributed by atoms with Crippen LogP contribution in [-0.2, 0) is 6.54 Å². The number of phenolic OH excluding ortho intramolecular Hbond substituents is 1. The third-order valence-electron chi connectivity index (χ3n) is 3.21. The van der Waals surface area contributed by atoms with Gasteiger partial charge in [0.25, 0.3) is 0 Å². The van der Waals surface area contributed by atoms with Gasteiger partial charge in [0.1, 0.15) is 11.6 Å². The predicted molar refractivity (Wildman–Crippen MR) is 77.2 cm³/mol. The molecule has 106 valence electrons. The van der Waals surface area contributed by atoms with Gasteiger partial charge in [-0.2, -0.15) is 0 Å². The Balaban J connectivity index is 2.17. The van der Waals surface area contributed by atoms with E-state index in [1.54, 1.807) is 25.1 Å². The molecular weight excluding hydrogens is 257 g/mol. The first-order valence-corrected chi connectivity index (χ1v) is 6.44. The number of nitrogens with zero attached hydrogens (tertiary/aromatic N) is 1. The van der Waals surface area contributed by atoms with Crippen molar-refractivity contribution in [3.63, 3.8) is 0 Å². The Morgan fingerprint density at radius 1 is 1.20 bits per heavy atom. The summed E-state index contributed by atoms with van der Waals surface area (Å²) in [7, 11) is 1.86. The van der Waals surface area contributed by atoms with Gasteiger partial charge in [-0.15, -0.1) is 0 Å². The van der Waals surface area contributed by atoms with Crippen molar-refractivity contribution in [2.45, 2.75) is 19.6 Å². The summed E-state index contributed by atoms with van der Waals surface area (Å²) < 4.78 is 13.1. The van der Waals surface area contributed by atoms with Crippen molar-refractivity contribution in [2.75, 3.05) is 11.9 Å². The molecule has 0 aliphatic heterocycles. The fourth-order valence-electron chi connectivity index (χ4n) is 2.12. The average molecular weight is 275 g/mol. The molecule has 0 heterocycles. The molecule has 1 atom stereocenters. The highest BCUT2D eigenvalue weighted by Crippen LogP contribution is 2.29. The summed E-state index contributed by atoms with van der Waals surface area (Å²) in [5.74, 6) is -0.202. The first-order chi connectivity index (χ1) is 9.47. The van der Waals surface area contributed by atoms with Crippen molar-refractivity contribution in [1.82, 2.24) is 0 Å². The molecule has 0 amide bonds. The van der Waals surface area contributed by atoms with Crippen molar-refractivity contribution in [2.24, 2.45) is 0 Å². The second-order valence-electron chi connectivity index (χ2n) is 4.91. The van der Waals surface area contributed by atoms with E-state index in [4.69, 9.17) is 0 Å². The molecule has 0 saturated heterocycles. The van der Waals surface area contributed by atoms with Gasteiger partial charge in [0.15, 0.2) is 0 Å². The van der Waals surface area contributed by atoms with E-state index in [0.717, 1.165) is 11.3 Å². The van der Waals surface area contributed by atoms with E-state index in [1.807, 2.05) is 24.1 Å². The molecule has 0 bridgehead atoms. The van der Waals surface area contributed by atoms with Gasteiger partial charge in [0, 0.05) is 30.9 Å². The fraction of sp³-hybridized carbons (Fsp3) is 0.250. The maximum atomic E-state index is 13.1. The molecule has 0 saturated carbocycles. The zero-order chi connectivity index (χ0) is 14.7. The highest BCUT2D eigenvalue weighted by atomic mass is 19.1. The van der Waals surface area contributed by atoms with Crippen LogP contribution in [0.4, 0.5) is 10.1 Å². The quantitative estimate of drug-likeness (QED) is 0.900. The number of halogens is 1. The molecule has 20 heavy (non-hydrogen) atoms. The molecule has 0 spiro atoms. The second kappa shape index (κ2) is 5.92. The van der Waals surface area contributed by atoms with E-state index in [2.05, 4.69) is 0 Å². The van der Waals surface area contributed by atoms with Crippen LogP contribution in [-0.4, -0.2) is 17.3 Å². The summed E-state index contributed by atoms with van der Waals surface area (Å²) in [5.41, 5.74) is 2.15. The van der Waals surface area contributed by atoms with E-state index in [-0.39, 0.29) is 11.6 Å². The molecular formula is C16H18FNO2. The lowest BCUT2D eigenvalue weighted by Gasteiger charge is -2.20. The van der Waals surface area contributed by atoms with Gasteiger partial charge in [-0.05, 0) is 30.7 Å². The van der Waals surface area contributed by atoms with E-state index < -0.39 is 6.10 Å². The van der Waals surface area contributed by atoms with Crippen LogP contribution >= 0.6 is 0 Å². The van der Waals surface area contributed by atoms with Crippen molar-refractivity contribution in [1.29, 1.82) is 0 Å². The molecule has 0 fully saturated rings. The highest BCUT2D eigenvalue weighted by Gasteiger charge is 2.10. The van der Waals surface area contributed by atoms with Crippen molar-refractivity contribution in [3.05, 3.63) is 59.4 Å². The van der Waals surface area contributed by atoms with E-state index in [0.29, 0.717) is 12.1 Å². The average Bonchev–Trinajstić information content (AvgIpc) is 2.38. The number of benzene rings is 2. The number of anilines is 1. The predicted octanol–water partition coefficient (Wildman–Crippen LogP) is 3.22. The molecule has 1 unspecified atom stereocenters. The second-order valence-corrected chi connectivity index (χ2v) is 4.91. The van der Waals surface area contributed by atoms with E-state index >= 15 is 0 Å². The monoisotopic (exact) mass is 275 g/mol. The largest absolute Gasteiger partial charge is 0.507 e. The summed E-state index contributed by atoms with van der Waals surface area (Å²) >= 11 is 0. The van der Waals surface area contributed by atoms with Crippen LogP contribution in [0.2, 0.25) is 0 Å². The third-order valence-corrected chi connectivity index (χ3v) is 3.21. The topological polar surface area (TPSA) is 43.7 Å². The van der Waals surface area contributed by atoms with Crippen LogP contribution in [0.25, 0.3) is 0 Å². The van der Waals surface area contributed by atoms with Crippen molar-refractivity contribution < 1.29 is 14.6 Å². The lowest BCUT2D eigenvalue weighted by atomic mass is 10.1. The number of rotatable bonds is 4. The minimum atomic E-state index is -0.711. The van der Waals surface area contributed by atoms with Crippen molar-refractivity contribution >= 4 is 5.69 Å². The first kappa shape index (κ1) is 14.3. The lowest BCUT2D eigenvalue weighted by molar-refractivity contribution is 0.195. The standard InChI is InChI=1S/C16H18FNO2/c1-11(19)15-7-6-14(9-16(15)20)18(2)10-12-4-3-5-13(17)8-12/h3-9,11,19-20H,10H2,1-2H3. The molecule has 2 N–H and O–H groups in total. The van der Waals surface area contributed by atoms with Crippen LogP contribution < -0.4 is 4.90 Å². The van der Waals surface area contributed by atoms with Crippen LogP contribution in [0.3, 0.4) is 0 Å². The summed E-state index contributed by atoms with van der Waals surface area (Å²) in [6, 6.07) is 11.5. The zero-order valence-electron chi connectivity index (χ0n) is 11.5. The maximum absolute atomic E-state index is 13.1. The van der Waals surface area contributed by atoms with Crippen LogP contribution in [0.1, 0.15) is 24.2 Å². The minimum absolute atomic E-state index is 0.0589.